The highest BCUT2D eigenvalue weighted by Gasteiger charge is 2.20. The molecule has 1 aliphatic rings. The highest BCUT2D eigenvalue weighted by molar-refractivity contribution is 8.04. The van der Waals surface area contributed by atoms with Crippen LogP contribution in [0.15, 0.2) is 88.7 Å². The number of fused-ring (bicyclic) bond motifs is 1. The monoisotopic (exact) mass is 444 g/mol. The van der Waals surface area contributed by atoms with Crippen LogP contribution in [-0.4, -0.2) is 32.0 Å². The summed E-state index contributed by atoms with van der Waals surface area (Å²) >= 11 is 1.45. The topological polar surface area (TPSA) is 62.6 Å². The maximum absolute atomic E-state index is 12.5. The molecule has 1 unspecified atom stereocenters. The van der Waals surface area contributed by atoms with Gasteiger partial charge in [-0.25, -0.2) is 0 Å². The zero-order chi connectivity index (χ0) is 22.3. The van der Waals surface area contributed by atoms with Gasteiger partial charge >= 0.3 is 0 Å². The second kappa shape index (κ2) is 10.3. The molecular formula is C26H26N3O2S+. The largest absolute Gasteiger partial charge is 0.346 e. The summed E-state index contributed by atoms with van der Waals surface area (Å²) in [4.78, 5) is 27.8. The number of carbonyl (C=O) groups is 2. The Hall–Kier alpha value is -3.35. The molecule has 0 saturated carbocycles. The maximum Gasteiger partial charge on any atom is 0.262 e. The third kappa shape index (κ3) is 5.66. The maximum atomic E-state index is 12.5. The SMILES string of the molecule is C[NH+](CCNC(=O)c1ccc(C=C2Sc3ccccc3NC2=O)cc1)Cc1ccccc1. The zero-order valence-corrected chi connectivity index (χ0v) is 18.7. The van der Waals surface area contributed by atoms with E-state index in [2.05, 4.69) is 29.8 Å². The first-order chi connectivity index (χ1) is 15.6. The van der Waals surface area contributed by atoms with Crippen molar-refractivity contribution in [1.29, 1.82) is 0 Å². The number of quaternary nitrogens is 1. The number of amides is 2. The van der Waals surface area contributed by atoms with E-state index in [-0.39, 0.29) is 11.8 Å². The lowest BCUT2D eigenvalue weighted by Crippen LogP contribution is -3.08. The van der Waals surface area contributed by atoms with Crippen LogP contribution in [0.25, 0.3) is 6.08 Å². The predicted octanol–water partition coefficient (Wildman–Crippen LogP) is 3.22. The van der Waals surface area contributed by atoms with E-state index < -0.39 is 0 Å². The van der Waals surface area contributed by atoms with Gasteiger partial charge in [0.15, 0.2) is 0 Å². The second-order valence-electron chi connectivity index (χ2n) is 7.81. The zero-order valence-electron chi connectivity index (χ0n) is 17.9. The second-order valence-corrected chi connectivity index (χ2v) is 8.89. The van der Waals surface area contributed by atoms with Crippen molar-refractivity contribution in [3.05, 3.63) is 100 Å². The van der Waals surface area contributed by atoms with Crippen LogP contribution < -0.4 is 15.5 Å². The Morgan fingerprint density at radius 1 is 1.00 bits per heavy atom. The molecule has 162 valence electrons. The van der Waals surface area contributed by atoms with Crippen molar-refractivity contribution in [2.75, 3.05) is 25.5 Å². The molecule has 1 atom stereocenters. The van der Waals surface area contributed by atoms with Crippen molar-refractivity contribution in [3.8, 4) is 0 Å². The summed E-state index contributed by atoms with van der Waals surface area (Å²) in [5.74, 6) is -0.201. The van der Waals surface area contributed by atoms with Gasteiger partial charge in [0.1, 0.15) is 6.54 Å². The number of rotatable bonds is 7. The van der Waals surface area contributed by atoms with Gasteiger partial charge in [-0.05, 0) is 35.9 Å². The summed E-state index contributed by atoms with van der Waals surface area (Å²) < 4.78 is 0. The third-order valence-electron chi connectivity index (χ3n) is 5.24. The standard InChI is InChI=1S/C26H25N3O2S/c1-29(18-20-7-3-2-4-8-20)16-15-27-25(30)21-13-11-19(12-14-21)17-24-26(31)28-22-9-5-6-10-23(22)32-24/h2-14,17H,15-16,18H2,1H3,(H,27,30)(H,28,31)/p+1. The van der Waals surface area contributed by atoms with Gasteiger partial charge in [0.2, 0.25) is 0 Å². The summed E-state index contributed by atoms with van der Waals surface area (Å²) in [6, 6.07) is 25.4. The molecule has 0 aromatic heterocycles. The van der Waals surface area contributed by atoms with E-state index in [1.807, 2.05) is 60.7 Å². The van der Waals surface area contributed by atoms with E-state index in [1.165, 1.54) is 22.2 Å². The van der Waals surface area contributed by atoms with Crippen molar-refractivity contribution in [1.82, 2.24) is 5.32 Å². The van der Waals surface area contributed by atoms with E-state index in [9.17, 15) is 9.59 Å². The van der Waals surface area contributed by atoms with Gasteiger partial charge in [-0.3, -0.25) is 9.59 Å². The number of thioether (sulfide) groups is 1. The lowest BCUT2D eigenvalue weighted by Gasteiger charge is -2.18. The number of benzene rings is 3. The van der Waals surface area contributed by atoms with Gasteiger partial charge in [-0.15, -0.1) is 0 Å². The smallest absolute Gasteiger partial charge is 0.262 e. The van der Waals surface area contributed by atoms with E-state index >= 15 is 0 Å². The van der Waals surface area contributed by atoms with E-state index in [0.717, 1.165) is 29.2 Å². The van der Waals surface area contributed by atoms with Crippen LogP contribution >= 0.6 is 11.8 Å². The third-order valence-corrected chi connectivity index (χ3v) is 6.33. The molecule has 4 rings (SSSR count). The molecule has 5 nitrogen and oxygen atoms in total. The molecular weight excluding hydrogens is 418 g/mol. The number of carbonyl (C=O) groups excluding carboxylic acids is 2. The summed E-state index contributed by atoms with van der Waals surface area (Å²) in [6.07, 6.45) is 1.85. The Labute approximate surface area is 192 Å². The number of hydrogen-bond acceptors (Lipinski definition) is 3. The van der Waals surface area contributed by atoms with Gasteiger partial charge in [0.05, 0.1) is 30.7 Å². The first kappa shape index (κ1) is 21.9. The number of hydrogen-bond donors (Lipinski definition) is 3. The van der Waals surface area contributed by atoms with E-state index in [0.29, 0.717) is 17.0 Å². The normalized spacial score (nSPS) is 15.0. The molecule has 1 aliphatic heterocycles. The Balaban J connectivity index is 1.30. The molecule has 3 aromatic carbocycles. The fourth-order valence-corrected chi connectivity index (χ4v) is 4.46. The Kier molecular flexibility index (Phi) is 7.04. The molecule has 0 bridgehead atoms. The first-order valence-electron chi connectivity index (χ1n) is 10.6. The Bertz CT molecular complexity index is 1130. The molecule has 0 saturated heterocycles. The molecule has 0 fully saturated rings. The quantitative estimate of drug-likeness (QED) is 0.491. The highest BCUT2D eigenvalue weighted by atomic mass is 32.2. The molecule has 0 radical (unpaired) electrons. The molecule has 3 N–H and O–H groups in total. The number of nitrogens with one attached hydrogen (secondary N) is 3. The van der Waals surface area contributed by atoms with Crippen LogP contribution in [0, 0.1) is 0 Å². The van der Waals surface area contributed by atoms with Gasteiger partial charge in [0.25, 0.3) is 11.8 Å². The van der Waals surface area contributed by atoms with Gasteiger partial charge in [-0.2, -0.15) is 0 Å². The van der Waals surface area contributed by atoms with Crippen LogP contribution in [0.4, 0.5) is 5.69 Å². The van der Waals surface area contributed by atoms with Crippen LogP contribution in [-0.2, 0) is 11.3 Å². The molecule has 2 amide bonds. The van der Waals surface area contributed by atoms with Gasteiger partial charge in [-0.1, -0.05) is 66.4 Å². The van der Waals surface area contributed by atoms with Crippen molar-refractivity contribution >= 4 is 35.3 Å². The van der Waals surface area contributed by atoms with Crippen molar-refractivity contribution in [2.45, 2.75) is 11.4 Å². The van der Waals surface area contributed by atoms with Crippen molar-refractivity contribution in [3.63, 3.8) is 0 Å². The highest BCUT2D eigenvalue weighted by Crippen LogP contribution is 2.38. The first-order valence-corrected chi connectivity index (χ1v) is 11.4. The van der Waals surface area contributed by atoms with Crippen LogP contribution in [0.3, 0.4) is 0 Å². The minimum Gasteiger partial charge on any atom is -0.346 e. The van der Waals surface area contributed by atoms with Gasteiger partial charge < -0.3 is 15.5 Å². The lowest BCUT2D eigenvalue weighted by molar-refractivity contribution is -0.892. The predicted molar refractivity (Wildman–Crippen MR) is 130 cm³/mol. The molecule has 1 heterocycles. The molecule has 6 heteroatoms. The number of para-hydroxylation sites is 1. The molecule has 32 heavy (non-hydrogen) atoms. The van der Waals surface area contributed by atoms with Crippen molar-refractivity contribution in [2.24, 2.45) is 0 Å². The van der Waals surface area contributed by atoms with Crippen LogP contribution in [0.2, 0.25) is 0 Å². The van der Waals surface area contributed by atoms with Crippen LogP contribution in [0.1, 0.15) is 21.5 Å². The lowest BCUT2D eigenvalue weighted by atomic mass is 10.1. The fourth-order valence-electron chi connectivity index (χ4n) is 3.51. The summed E-state index contributed by atoms with van der Waals surface area (Å²) in [7, 11) is 2.12. The number of likely N-dealkylation sites (N-methyl/N-ethyl adjacent to an activating group) is 1. The van der Waals surface area contributed by atoms with E-state index in [4.69, 9.17) is 0 Å². The summed E-state index contributed by atoms with van der Waals surface area (Å²) in [5, 5.41) is 5.90. The summed E-state index contributed by atoms with van der Waals surface area (Å²) in [5.41, 5.74) is 3.61. The van der Waals surface area contributed by atoms with Crippen LogP contribution in [0.5, 0.6) is 0 Å². The molecule has 0 spiro atoms. The van der Waals surface area contributed by atoms with E-state index in [1.54, 1.807) is 12.1 Å². The molecule has 3 aromatic rings. The fraction of sp³-hybridized carbons (Fsp3) is 0.154. The average Bonchev–Trinajstić information content (AvgIpc) is 2.80. The summed E-state index contributed by atoms with van der Waals surface area (Å²) in [6.45, 7) is 2.38. The Morgan fingerprint density at radius 2 is 1.72 bits per heavy atom. The minimum absolute atomic E-state index is 0.0876. The van der Waals surface area contributed by atoms with Crippen molar-refractivity contribution < 1.29 is 14.5 Å². The number of anilines is 1. The van der Waals surface area contributed by atoms with Gasteiger partial charge in [0, 0.05) is 16.0 Å². The average molecular weight is 445 g/mol. The molecule has 0 aliphatic carbocycles. The minimum atomic E-state index is -0.113. The Morgan fingerprint density at radius 3 is 2.50 bits per heavy atom.